The van der Waals surface area contributed by atoms with E-state index < -0.39 is 23.8 Å². The van der Waals surface area contributed by atoms with Crippen molar-refractivity contribution in [1.29, 1.82) is 5.26 Å². The van der Waals surface area contributed by atoms with Crippen LogP contribution >= 0.6 is 0 Å². The van der Waals surface area contributed by atoms with E-state index in [2.05, 4.69) is 5.32 Å². The minimum absolute atomic E-state index is 0.00205. The van der Waals surface area contributed by atoms with Crippen LogP contribution in [0.4, 0.5) is 5.69 Å². The van der Waals surface area contributed by atoms with Gasteiger partial charge >= 0.3 is 5.97 Å². The molecule has 0 aliphatic carbocycles. The molecule has 22 heavy (non-hydrogen) atoms. The van der Waals surface area contributed by atoms with Gasteiger partial charge < -0.3 is 15.3 Å². The third-order valence-electron chi connectivity index (χ3n) is 3.54. The molecule has 0 bridgehead atoms. The summed E-state index contributed by atoms with van der Waals surface area (Å²) in [6, 6.07) is 7.66. The summed E-state index contributed by atoms with van der Waals surface area (Å²) in [4.78, 5) is 36.3. The number of anilines is 1. The number of nitriles is 1. The van der Waals surface area contributed by atoms with Crippen molar-refractivity contribution in [3.63, 3.8) is 0 Å². The van der Waals surface area contributed by atoms with Crippen LogP contribution in [0.2, 0.25) is 0 Å². The Bertz CT molecular complexity index is 665. The van der Waals surface area contributed by atoms with Crippen molar-refractivity contribution in [2.45, 2.75) is 19.4 Å². The maximum atomic E-state index is 12.1. The van der Waals surface area contributed by atoms with Crippen LogP contribution in [0.15, 0.2) is 24.3 Å². The van der Waals surface area contributed by atoms with Crippen molar-refractivity contribution in [2.24, 2.45) is 5.92 Å². The minimum atomic E-state index is -1.13. The summed E-state index contributed by atoms with van der Waals surface area (Å²) in [6.07, 6.45) is -0.00205. The van der Waals surface area contributed by atoms with Gasteiger partial charge in [-0.05, 0) is 19.1 Å². The lowest BCUT2D eigenvalue weighted by molar-refractivity contribution is -0.141. The number of hydrogen-bond acceptors (Lipinski definition) is 4. The van der Waals surface area contributed by atoms with E-state index in [1.54, 1.807) is 24.3 Å². The quantitative estimate of drug-likeness (QED) is 0.841. The standard InChI is InChI=1S/C15H15N3O4/c1-9(15(21)22)17-14(20)11-6-13(19)18(8-11)12-5-3-2-4-10(12)7-16/h2-5,9,11H,6,8H2,1H3,(H,17,20)(H,21,22). The Morgan fingerprint density at radius 3 is 2.77 bits per heavy atom. The predicted octanol–water partition coefficient (Wildman–Crippen LogP) is 0.500. The fourth-order valence-electron chi connectivity index (χ4n) is 2.31. The van der Waals surface area contributed by atoms with Gasteiger partial charge in [-0.1, -0.05) is 12.1 Å². The number of aliphatic carboxylic acids is 1. The maximum Gasteiger partial charge on any atom is 0.325 e. The van der Waals surface area contributed by atoms with Crippen LogP contribution in [0.25, 0.3) is 0 Å². The number of carbonyl (C=O) groups is 3. The number of carbonyl (C=O) groups excluding carboxylic acids is 2. The zero-order valence-electron chi connectivity index (χ0n) is 11.9. The number of para-hydroxylation sites is 1. The molecule has 1 aromatic carbocycles. The van der Waals surface area contributed by atoms with Gasteiger partial charge in [-0.25, -0.2) is 0 Å². The lowest BCUT2D eigenvalue weighted by atomic mass is 10.1. The molecule has 2 atom stereocenters. The van der Waals surface area contributed by atoms with E-state index in [4.69, 9.17) is 10.4 Å². The molecule has 0 aromatic heterocycles. The largest absolute Gasteiger partial charge is 0.480 e. The smallest absolute Gasteiger partial charge is 0.325 e. The van der Waals surface area contributed by atoms with Crippen molar-refractivity contribution in [2.75, 3.05) is 11.4 Å². The number of carboxylic acid groups (broad SMARTS) is 1. The number of nitrogens with zero attached hydrogens (tertiary/aromatic N) is 2. The number of benzene rings is 1. The highest BCUT2D eigenvalue weighted by molar-refractivity contribution is 6.01. The predicted molar refractivity (Wildman–Crippen MR) is 76.9 cm³/mol. The number of carboxylic acids is 1. The van der Waals surface area contributed by atoms with E-state index in [0.717, 1.165) is 0 Å². The first-order chi connectivity index (χ1) is 10.4. The molecule has 1 saturated heterocycles. The molecular formula is C15H15N3O4. The van der Waals surface area contributed by atoms with Gasteiger partial charge in [0, 0.05) is 13.0 Å². The molecule has 114 valence electrons. The average molecular weight is 301 g/mol. The third-order valence-corrected chi connectivity index (χ3v) is 3.54. The Labute approximate surface area is 127 Å². The molecule has 2 rings (SSSR count). The number of amides is 2. The minimum Gasteiger partial charge on any atom is -0.480 e. The van der Waals surface area contributed by atoms with Gasteiger partial charge in [0.25, 0.3) is 0 Å². The second-order valence-electron chi connectivity index (χ2n) is 5.10. The first-order valence-corrected chi connectivity index (χ1v) is 6.76. The number of nitrogens with one attached hydrogen (secondary N) is 1. The van der Waals surface area contributed by atoms with Crippen LogP contribution in [0.5, 0.6) is 0 Å². The van der Waals surface area contributed by atoms with Crippen LogP contribution in [-0.4, -0.2) is 35.5 Å². The van der Waals surface area contributed by atoms with E-state index in [0.29, 0.717) is 11.3 Å². The Kier molecular flexibility index (Phi) is 4.41. The van der Waals surface area contributed by atoms with Crippen LogP contribution in [0.3, 0.4) is 0 Å². The molecule has 1 aliphatic heterocycles. The summed E-state index contributed by atoms with van der Waals surface area (Å²) < 4.78 is 0. The van der Waals surface area contributed by atoms with Crippen molar-refractivity contribution >= 4 is 23.5 Å². The maximum absolute atomic E-state index is 12.1. The van der Waals surface area contributed by atoms with Gasteiger partial charge in [-0.15, -0.1) is 0 Å². The van der Waals surface area contributed by atoms with Gasteiger partial charge in [0.2, 0.25) is 11.8 Å². The first-order valence-electron chi connectivity index (χ1n) is 6.76. The molecule has 1 aromatic rings. The Morgan fingerprint density at radius 2 is 2.14 bits per heavy atom. The van der Waals surface area contributed by atoms with Gasteiger partial charge in [0.05, 0.1) is 17.2 Å². The average Bonchev–Trinajstić information content (AvgIpc) is 2.88. The summed E-state index contributed by atoms with van der Waals surface area (Å²) in [5.41, 5.74) is 0.826. The van der Waals surface area contributed by atoms with Crippen LogP contribution in [0.1, 0.15) is 18.9 Å². The molecule has 0 saturated carbocycles. The van der Waals surface area contributed by atoms with Crippen molar-refractivity contribution in [3.05, 3.63) is 29.8 Å². The molecule has 1 aliphatic rings. The zero-order valence-corrected chi connectivity index (χ0v) is 11.9. The molecule has 2 amide bonds. The van der Waals surface area contributed by atoms with Gasteiger partial charge in [-0.3, -0.25) is 14.4 Å². The third kappa shape index (κ3) is 3.06. The molecule has 0 spiro atoms. The second kappa shape index (κ2) is 6.26. The summed E-state index contributed by atoms with van der Waals surface area (Å²) >= 11 is 0. The monoisotopic (exact) mass is 301 g/mol. The topological polar surface area (TPSA) is 111 Å². The van der Waals surface area contributed by atoms with E-state index in [1.165, 1.54) is 11.8 Å². The molecule has 2 unspecified atom stereocenters. The van der Waals surface area contributed by atoms with Crippen molar-refractivity contribution in [3.8, 4) is 6.07 Å². The highest BCUT2D eigenvalue weighted by Crippen LogP contribution is 2.27. The molecule has 1 heterocycles. The zero-order chi connectivity index (χ0) is 16.3. The van der Waals surface area contributed by atoms with Crippen LogP contribution in [0, 0.1) is 17.2 Å². The summed E-state index contributed by atoms with van der Waals surface area (Å²) in [7, 11) is 0. The van der Waals surface area contributed by atoms with Gasteiger partial charge in [-0.2, -0.15) is 5.26 Å². The number of rotatable bonds is 4. The highest BCUT2D eigenvalue weighted by Gasteiger charge is 2.36. The van der Waals surface area contributed by atoms with Crippen LogP contribution < -0.4 is 10.2 Å². The molecule has 7 heteroatoms. The Balaban J connectivity index is 2.13. The Hall–Kier alpha value is -2.88. The summed E-state index contributed by atoms with van der Waals surface area (Å²) in [5, 5.41) is 20.2. The molecule has 0 radical (unpaired) electrons. The fourth-order valence-corrected chi connectivity index (χ4v) is 2.31. The molecule has 7 nitrogen and oxygen atoms in total. The lowest BCUT2D eigenvalue weighted by Crippen LogP contribution is -2.42. The van der Waals surface area contributed by atoms with E-state index in [1.807, 2.05) is 6.07 Å². The van der Waals surface area contributed by atoms with E-state index in [-0.39, 0.29) is 18.9 Å². The van der Waals surface area contributed by atoms with Gasteiger partial charge in [0.15, 0.2) is 0 Å². The SMILES string of the molecule is CC(NC(=O)C1CC(=O)N(c2ccccc2C#N)C1)C(=O)O. The lowest BCUT2D eigenvalue weighted by Gasteiger charge is -2.18. The second-order valence-corrected chi connectivity index (χ2v) is 5.10. The fraction of sp³-hybridized carbons (Fsp3) is 0.333. The van der Waals surface area contributed by atoms with E-state index in [9.17, 15) is 14.4 Å². The van der Waals surface area contributed by atoms with E-state index >= 15 is 0 Å². The molecule has 1 fully saturated rings. The summed E-state index contributed by atoms with van der Waals surface area (Å²) in [5.74, 6) is -2.49. The number of hydrogen-bond donors (Lipinski definition) is 2. The van der Waals surface area contributed by atoms with Crippen molar-refractivity contribution < 1.29 is 19.5 Å². The highest BCUT2D eigenvalue weighted by atomic mass is 16.4. The summed E-state index contributed by atoms with van der Waals surface area (Å²) in [6.45, 7) is 1.50. The van der Waals surface area contributed by atoms with Gasteiger partial charge in [0.1, 0.15) is 12.1 Å². The Morgan fingerprint density at radius 1 is 1.45 bits per heavy atom. The van der Waals surface area contributed by atoms with Crippen LogP contribution in [-0.2, 0) is 14.4 Å². The normalized spacial score (nSPS) is 18.6. The van der Waals surface area contributed by atoms with Crippen molar-refractivity contribution in [1.82, 2.24) is 5.32 Å². The molecule has 2 N–H and O–H groups in total. The first kappa shape index (κ1) is 15.5. The molecular weight excluding hydrogens is 286 g/mol.